The molecule has 3 aromatic rings. The van der Waals surface area contributed by atoms with E-state index in [2.05, 4.69) is 116 Å². The first-order valence-electron chi connectivity index (χ1n) is 17.5. The van der Waals surface area contributed by atoms with Crippen LogP contribution in [-0.4, -0.2) is 6.79 Å². The SMILES string of the molecule is C=C.C=C(c1cccc(C)c1)[C@H](CC(C)CCC)C(c1cccc(F)c1C)[C@H](CC)Cc1cccc(C)c1.C=O.CC.CCCC. The van der Waals surface area contributed by atoms with Crippen LogP contribution >= 0.6 is 0 Å². The molecule has 0 saturated heterocycles. The zero-order chi connectivity index (χ0) is 35.7. The molecule has 0 spiro atoms. The fourth-order valence-electron chi connectivity index (χ4n) is 6.06. The summed E-state index contributed by atoms with van der Waals surface area (Å²) in [6, 6.07) is 23.3. The molecule has 256 valence electrons. The Hall–Kier alpha value is -3.26. The molecule has 3 rings (SSSR count). The molecular weight excluding hydrogens is 563 g/mol. The van der Waals surface area contributed by atoms with Crippen LogP contribution in [0, 0.1) is 44.3 Å². The number of aryl methyl sites for hydroxylation is 2. The molecule has 0 aliphatic carbocycles. The van der Waals surface area contributed by atoms with Crippen molar-refractivity contribution in [3.05, 3.63) is 126 Å². The molecule has 1 nitrogen and oxygen atoms in total. The number of hydrogen-bond donors (Lipinski definition) is 0. The Labute approximate surface area is 284 Å². The third-order valence-electron chi connectivity index (χ3n) is 8.49. The standard InChI is InChI=1S/C35H45F.C4H10.C2H6.C2H4.CH2O/c1-8-13-24(3)22-33(27(6)31-17-11-15-26(5)21-31)35(32-18-12-19-34(36)28(32)7)30(9-2)23-29-16-10-14-25(4)20-29;1-3-4-2;3*1-2/h10-12,14-21,24,30,33,35H,6,8-9,13,22-23H2,1-5,7H3;3-4H2,1-2H3;1-2H3;1-2H2;1H2/t24?,30-,33+,35?;;;;/m1..../s1. The van der Waals surface area contributed by atoms with Gasteiger partial charge in [0.1, 0.15) is 12.6 Å². The number of rotatable bonds is 13. The number of allylic oxidation sites excluding steroid dienone is 1. The van der Waals surface area contributed by atoms with Crippen LogP contribution in [0.5, 0.6) is 0 Å². The number of hydrogen-bond acceptors (Lipinski definition) is 1. The number of halogens is 1. The molecule has 0 radical (unpaired) electrons. The molecule has 0 fully saturated rings. The van der Waals surface area contributed by atoms with Gasteiger partial charge in [0.15, 0.2) is 0 Å². The molecule has 0 heterocycles. The van der Waals surface area contributed by atoms with Gasteiger partial charge in [-0.3, -0.25) is 0 Å². The highest BCUT2D eigenvalue weighted by Gasteiger charge is 2.34. The molecule has 0 bridgehead atoms. The minimum Gasteiger partial charge on any atom is -0.307 e. The highest BCUT2D eigenvalue weighted by molar-refractivity contribution is 5.67. The van der Waals surface area contributed by atoms with Crippen molar-refractivity contribution in [2.24, 2.45) is 17.8 Å². The molecule has 0 aromatic heterocycles. The average Bonchev–Trinajstić information content (AvgIpc) is 3.08. The molecule has 0 aliphatic heterocycles. The first-order valence-corrected chi connectivity index (χ1v) is 17.5. The lowest BCUT2D eigenvalue weighted by Gasteiger charge is -2.38. The second-order valence-corrected chi connectivity index (χ2v) is 12.0. The van der Waals surface area contributed by atoms with Crippen molar-refractivity contribution in [1.82, 2.24) is 0 Å². The maximum atomic E-state index is 15.0. The lowest BCUT2D eigenvalue weighted by atomic mass is 9.66. The minimum atomic E-state index is -0.107. The van der Waals surface area contributed by atoms with Crippen molar-refractivity contribution >= 4 is 12.4 Å². The smallest absolute Gasteiger partial charge is 0.126 e. The van der Waals surface area contributed by atoms with Crippen molar-refractivity contribution < 1.29 is 9.18 Å². The molecule has 0 saturated carbocycles. The van der Waals surface area contributed by atoms with Crippen LogP contribution in [-0.2, 0) is 11.2 Å². The van der Waals surface area contributed by atoms with Crippen molar-refractivity contribution in [3.63, 3.8) is 0 Å². The second-order valence-electron chi connectivity index (χ2n) is 12.0. The van der Waals surface area contributed by atoms with Gasteiger partial charge in [0.05, 0.1) is 0 Å². The lowest BCUT2D eigenvalue weighted by molar-refractivity contribution is -0.0980. The summed E-state index contributed by atoms with van der Waals surface area (Å²) in [4.78, 5) is 8.00. The summed E-state index contributed by atoms with van der Waals surface area (Å²) in [5, 5.41) is 0. The molecule has 4 atom stereocenters. The fraction of sp³-hybridized carbons (Fsp3) is 0.477. The number of carbonyl (C=O) groups is 1. The van der Waals surface area contributed by atoms with Gasteiger partial charge in [-0.2, -0.15) is 0 Å². The van der Waals surface area contributed by atoms with Crippen LogP contribution in [0.2, 0.25) is 0 Å². The largest absolute Gasteiger partial charge is 0.307 e. The van der Waals surface area contributed by atoms with Gasteiger partial charge < -0.3 is 4.79 Å². The summed E-state index contributed by atoms with van der Waals surface area (Å²) >= 11 is 0. The average molecular weight is 631 g/mol. The summed E-state index contributed by atoms with van der Waals surface area (Å²) in [5.41, 5.74) is 8.25. The van der Waals surface area contributed by atoms with Gasteiger partial charge in [0.25, 0.3) is 0 Å². The molecule has 0 N–H and O–H groups in total. The predicted octanol–water partition coefficient (Wildman–Crippen LogP) is 13.7. The zero-order valence-corrected chi connectivity index (χ0v) is 31.2. The molecule has 0 amide bonds. The van der Waals surface area contributed by atoms with Crippen LogP contribution < -0.4 is 0 Å². The quantitative estimate of drug-likeness (QED) is 0.172. The fourth-order valence-corrected chi connectivity index (χ4v) is 6.06. The zero-order valence-electron chi connectivity index (χ0n) is 31.2. The summed E-state index contributed by atoms with van der Waals surface area (Å²) in [5.74, 6) is 1.29. The van der Waals surface area contributed by atoms with E-state index >= 15 is 0 Å². The van der Waals surface area contributed by atoms with E-state index in [4.69, 9.17) is 11.4 Å². The minimum absolute atomic E-state index is 0.107. The maximum absolute atomic E-state index is 15.0. The number of benzene rings is 3. The number of carbonyl (C=O) groups excluding carboxylic acids is 1. The Morgan fingerprint density at radius 2 is 1.33 bits per heavy atom. The number of unbranched alkanes of at least 4 members (excludes halogenated alkanes) is 1. The Balaban J connectivity index is 0. The summed E-state index contributed by atoms with van der Waals surface area (Å²) in [6.07, 6.45) is 8.09. The van der Waals surface area contributed by atoms with Gasteiger partial charge in [-0.05, 0) is 91.2 Å². The summed E-state index contributed by atoms with van der Waals surface area (Å²) in [6.45, 7) is 34.3. The first-order chi connectivity index (χ1) is 22.2. The van der Waals surface area contributed by atoms with E-state index in [9.17, 15) is 4.39 Å². The van der Waals surface area contributed by atoms with Gasteiger partial charge in [-0.15, -0.1) is 13.2 Å². The normalized spacial score (nSPS) is 12.5. The maximum Gasteiger partial charge on any atom is 0.126 e. The molecule has 46 heavy (non-hydrogen) atoms. The summed E-state index contributed by atoms with van der Waals surface area (Å²) in [7, 11) is 0. The van der Waals surface area contributed by atoms with Crippen LogP contribution in [0.25, 0.3) is 5.57 Å². The van der Waals surface area contributed by atoms with E-state index in [1.165, 1.54) is 53.5 Å². The van der Waals surface area contributed by atoms with E-state index < -0.39 is 0 Å². The van der Waals surface area contributed by atoms with Gasteiger partial charge in [0, 0.05) is 0 Å². The highest BCUT2D eigenvalue weighted by atomic mass is 19.1. The first kappa shape index (κ1) is 44.9. The van der Waals surface area contributed by atoms with Crippen molar-refractivity contribution in [1.29, 1.82) is 0 Å². The van der Waals surface area contributed by atoms with Crippen molar-refractivity contribution in [2.45, 2.75) is 120 Å². The predicted molar refractivity (Wildman–Crippen MR) is 205 cm³/mol. The third-order valence-corrected chi connectivity index (χ3v) is 8.49. The Morgan fingerprint density at radius 3 is 1.83 bits per heavy atom. The van der Waals surface area contributed by atoms with E-state index in [1.807, 2.05) is 33.6 Å². The van der Waals surface area contributed by atoms with E-state index in [0.717, 1.165) is 30.4 Å². The van der Waals surface area contributed by atoms with E-state index in [0.29, 0.717) is 11.8 Å². The molecule has 0 aliphatic rings. The van der Waals surface area contributed by atoms with Gasteiger partial charge in [-0.25, -0.2) is 4.39 Å². The third kappa shape index (κ3) is 15.4. The van der Waals surface area contributed by atoms with Crippen LogP contribution in [0.15, 0.2) is 86.5 Å². The van der Waals surface area contributed by atoms with Gasteiger partial charge in [0.2, 0.25) is 0 Å². The van der Waals surface area contributed by atoms with Crippen LogP contribution in [0.4, 0.5) is 4.39 Å². The highest BCUT2D eigenvalue weighted by Crippen LogP contribution is 2.46. The molecule has 3 aromatic carbocycles. The van der Waals surface area contributed by atoms with Crippen LogP contribution in [0.1, 0.15) is 126 Å². The van der Waals surface area contributed by atoms with E-state index in [1.54, 1.807) is 6.07 Å². The monoisotopic (exact) mass is 631 g/mol. The summed E-state index contributed by atoms with van der Waals surface area (Å²) < 4.78 is 15.0. The van der Waals surface area contributed by atoms with Crippen LogP contribution in [0.3, 0.4) is 0 Å². The Bertz CT molecular complexity index is 1210. The van der Waals surface area contributed by atoms with Crippen molar-refractivity contribution in [3.8, 4) is 0 Å². The molecule has 2 heteroatoms. The molecule has 2 unspecified atom stereocenters. The van der Waals surface area contributed by atoms with Crippen molar-refractivity contribution in [2.75, 3.05) is 0 Å². The topological polar surface area (TPSA) is 17.1 Å². The van der Waals surface area contributed by atoms with E-state index in [-0.39, 0.29) is 17.7 Å². The second kappa shape index (κ2) is 26.9. The Morgan fingerprint density at radius 1 is 0.783 bits per heavy atom. The molecular formula is C44H67FO. The lowest BCUT2D eigenvalue weighted by Crippen LogP contribution is -2.27. The van der Waals surface area contributed by atoms with Gasteiger partial charge in [-0.1, -0.05) is 159 Å². The van der Waals surface area contributed by atoms with Gasteiger partial charge >= 0.3 is 0 Å². The Kier molecular flexibility index (Phi) is 26.2.